The molecule has 0 bridgehead atoms. The fourth-order valence-electron chi connectivity index (χ4n) is 1.27. The summed E-state index contributed by atoms with van der Waals surface area (Å²) in [5, 5.41) is 0. The Morgan fingerprint density at radius 1 is 1.27 bits per heavy atom. The zero-order valence-electron chi connectivity index (χ0n) is 9.16. The molecule has 0 heterocycles. The second-order valence-electron chi connectivity index (χ2n) is 3.15. The molecular formula is C12H16O3. The highest BCUT2D eigenvalue weighted by molar-refractivity contribution is 5.65. The Morgan fingerprint density at radius 2 is 2.00 bits per heavy atom. The number of benzene rings is 1. The van der Waals surface area contributed by atoms with Gasteiger partial charge in [-0.25, -0.2) is 0 Å². The van der Waals surface area contributed by atoms with Crippen molar-refractivity contribution in [2.45, 2.75) is 20.3 Å². The number of rotatable bonds is 5. The van der Waals surface area contributed by atoms with Gasteiger partial charge in [0, 0.05) is 6.92 Å². The minimum absolute atomic E-state index is 0.276. The van der Waals surface area contributed by atoms with Crippen molar-refractivity contribution in [3.05, 3.63) is 29.8 Å². The second kappa shape index (κ2) is 6.06. The van der Waals surface area contributed by atoms with Crippen LogP contribution in [0.1, 0.15) is 19.4 Å². The summed E-state index contributed by atoms with van der Waals surface area (Å²) in [5.74, 6) is 0.592. The molecule has 3 nitrogen and oxygen atoms in total. The lowest BCUT2D eigenvalue weighted by atomic mass is 10.1. The van der Waals surface area contributed by atoms with Crippen LogP contribution in [-0.4, -0.2) is 19.2 Å². The first-order chi connectivity index (χ1) is 7.24. The minimum atomic E-state index is -0.276. The van der Waals surface area contributed by atoms with Gasteiger partial charge in [-0.15, -0.1) is 0 Å². The van der Waals surface area contributed by atoms with E-state index in [0.29, 0.717) is 13.2 Å². The number of hydrogen-bond donors (Lipinski definition) is 0. The lowest BCUT2D eigenvalue weighted by molar-refractivity contribution is -0.141. The summed E-state index contributed by atoms with van der Waals surface area (Å²) >= 11 is 0. The lowest BCUT2D eigenvalue weighted by Gasteiger charge is -2.09. The van der Waals surface area contributed by atoms with Gasteiger partial charge in [0.05, 0.1) is 0 Å². The van der Waals surface area contributed by atoms with E-state index < -0.39 is 0 Å². The van der Waals surface area contributed by atoms with Gasteiger partial charge in [0.1, 0.15) is 19.0 Å². The number of carbonyl (C=O) groups excluding carboxylic acids is 1. The molecule has 3 heteroatoms. The molecule has 1 aromatic rings. The first kappa shape index (κ1) is 11.6. The summed E-state index contributed by atoms with van der Waals surface area (Å²) in [5.41, 5.74) is 1.17. The quantitative estimate of drug-likeness (QED) is 0.549. The van der Waals surface area contributed by atoms with E-state index >= 15 is 0 Å². The van der Waals surface area contributed by atoms with Crippen molar-refractivity contribution in [2.24, 2.45) is 0 Å². The van der Waals surface area contributed by atoms with E-state index in [1.54, 1.807) is 0 Å². The van der Waals surface area contributed by atoms with Crippen LogP contribution in [0.25, 0.3) is 0 Å². The van der Waals surface area contributed by atoms with Crippen LogP contribution in [0.4, 0.5) is 0 Å². The number of aryl methyl sites for hydroxylation is 1. The van der Waals surface area contributed by atoms with Gasteiger partial charge in [0.15, 0.2) is 0 Å². The Bertz CT molecular complexity index is 320. The van der Waals surface area contributed by atoms with Crippen molar-refractivity contribution >= 4 is 5.97 Å². The van der Waals surface area contributed by atoms with Crippen molar-refractivity contribution < 1.29 is 14.3 Å². The van der Waals surface area contributed by atoms with Gasteiger partial charge < -0.3 is 9.47 Å². The van der Waals surface area contributed by atoms with Gasteiger partial charge in [0.2, 0.25) is 0 Å². The number of hydrogen-bond acceptors (Lipinski definition) is 3. The monoisotopic (exact) mass is 208 g/mol. The third-order valence-electron chi connectivity index (χ3n) is 2.00. The molecule has 0 fully saturated rings. The molecule has 0 radical (unpaired) electrons. The van der Waals surface area contributed by atoms with Crippen molar-refractivity contribution in [3.63, 3.8) is 0 Å². The van der Waals surface area contributed by atoms with Crippen molar-refractivity contribution in [1.82, 2.24) is 0 Å². The van der Waals surface area contributed by atoms with Crippen LogP contribution in [-0.2, 0) is 16.0 Å². The number of carbonyl (C=O) groups is 1. The molecule has 15 heavy (non-hydrogen) atoms. The maximum absolute atomic E-state index is 10.5. The standard InChI is InChI=1S/C12H16O3/c1-3-11-6-4-5-7-12(11)15-9-8-14-10(2)13/h4-7H,3,8-9H2,1-2H3. The fraction of sp³-hybridized carbons (Fsp3) is 0.417. The normalized spacial score (nSPS) is 9.73. The predicted octanol–water partition coefficient (Wildman–Crippen LogP) is 2.19. The minimum Gasteiger partial charge on any atom is -0.490 e. The smallest absolute Gasteiger partial charge is 0.302 e. The molecule has 82 valence electrons. The fourth-order valence-corrected chi connectivity index (χ4v) is 1.27. The molecule has 0 aromatic heterocycles. The van der Waals surface area contributed by atoms with Gasteiger partial charge >= 0.3 is 5.97 Å². The maximum Gasteiger partial charge on any atom is 0.302 e. The van der Waals surface area contributed by atoms with Gasteiger partial charge in [0.25, 0.3) is 0 Å². The molecule has 0 amide bonds. The van der Waals surface area contributed by atoms with Crippen molar-refractivity contribution in [1.29, 1.82) is 0 Å². The summed E-state index contributed by atoms with van der Waals surface area (Å²) in [6.07, 6.45) is 0.934. The highest BCUT2D eigenvalue weighted by Gasteiger charge is 2.00. The maximum atomic E-state index is 10.5. The SMILES string of the molecule is CCc1ccccc1OCCOC(C)=O. The summed E-state index contributed by atoms with van der Waals surface area (Å²) in [6, 6.07) is 7.87. The summed E-state index contributed by atoms with van der Waals surface area (Å²) in [7, 11) is 0. The first-order valence-electron chi connectivity index (χ1n) is 5.08. The molecule has 0 atom stereocenters. The van der Waals surface area contributed by atoms with Gasteiger partial charge in [-0.3, -0.25) is 4.79 Å². The van der Waals surface area contributed by atoms with Gasteiger partial charge in [-0.2, -0.15) is 0 Å². The molecule has 1 aromatic carbocycles. The Morgan fingerprint density at radius 3 is 2.67 bits per heavy atom. The number of esters is 1. The lowest BCUT2D eigenvalue weighted by Crippen LogP contribution is -2.10. The summed E-state index contributed by atoms with van der Waals surface area (Å²) in [4.78, 5) is 10.5. The molecule has 0 N–H and O–H groups in total. The van der Waals surface area contributed by atoms with Crippen LogP contribution < -0.4 is 4.74 Å². The molecule has 0 aliphatic carbocycles. The number of ether oxygens (including phenoxy) is 2. The summed E-state index contributed by atoms with van der Waals surface area (Å²) < 4.78 is 10.3. The van der Waals surface area contributed by atoms with E-state index in [9.17, 15) is 4.79 Å². The van der Waals surface area contributed by atoms with E-state index in [1.807, 2.05) is 24.3 Å². The molecular weight excluding hydrogens is 192 g/mol. The van der Waals surface area contributed by atoms with Crippen molar-refractivity contribution in [3.8, 4) is 5.75 Å². The molecule has 0 saturated heterocycles. The first-order valence-corrected chi connectivity index (χ1v) is 5.08. The Labute approximate surface area is 90.0 Å². The van der Waals surface area contributed by atoms with E-state index in [4.69, 9.17) is 9.47 Å². The Hall–Kier alpha value is -1.51. The van der Waals surface area contributed by atoms with Gasteiger partial charge in [-0.1, -0.05) is 25.1 Å². The van der Waals surface area contributed by atoms with Crippen LogP contribution in [0.2, 0.25) is 0 Å². The topological polar surface area (TPSA) is 35.5 Å². The van der Waals surface area contributed by atoms with E-state index in [1.165, 1.54) is 12.5 Å². The molecule has 0 unspecified atom stereocenters. The van der Waals surface area contributed by atoms with Crippen LogP contribution >= 0.6 is 0 Å². The van der Waals surface area contributed by atoms with E-state index in [-0.39, 0.29) is 5.97 Å². The molecule has 0 aliphatic heterocycles. The average Bonchev–Trinajstić information content (AvgIpc) is 2.24. The van der Waals surface area contributed by atoms with Crippen LogP contribution in [0.3, 0.4) is 0 Å². The molecule has 0 aliphatic rings. The van der Waals surface area contributed by atoms with Crippen LogP contribution in [0.5, 0.6) is 5.75 Å². The molecule has 0 spiro atoms. The Kier molecular flexibility index (Phi) is 4.68. The Balaban J connectivity index is 2.39. The van der Waals surface area contributed by atoms with E-state index in [0.717, 1.165) is 12.2 Å². The average molecular weight is 208 g/mol. The predicted molar refractivity (Wildman–Crippen MR) is 57.9 cm³/mol. The van der Waals surface area contributed by atoms with Crippen LogP contribution in [0.15, 0.2) is 24.3 Å². The third kappa shape index (κ3) is 4.02. The van der Waals surface area contributed by atoms with Gasteiger partial charge in [-0.05, 0) is 18.1 Å². The van der Waals surface area contributed by atoms with Crippen LogP contribution in [0, 0.1) is 0 Å². The zero-order valence-corrected chi connectivity index (χ0v) is 9.16. The third-order valence-corrected chi connectivity index (χ3v) is 2.00. The molecule has 0 saturated carbocycles. The van der Waals surface area contributed by atoms with Crippen molar-refractivity contribution in [2.75, 3.05) is 13.2 Å². The molecule has 1 rings (SSSR count). The van der Waals surface area contributed by atoms with E-state index in [2.05, 4.69) is 6.92 Å². The highest BCUT2D eigenvalue weighted by atomic mass is 16.6. The largest absolute Gasteiger partial charge is 0.490 e. The number of para-hydroxylation sites is 1. The summed E-state index contributed by atoms with van der Waals surface area (Å²) in [6.45, 7) is 4.16. The highest BCUT2D eigenvalue weighted by Crippen LogP contribution is 2.17. The zero-order chi connectivity index (χ0) is 11.1. The second-order valence-corrected chi connectivity index (χ2v) is 3.15.